The maximum absolute atomic E-state index is 8.65. The minimum absolute atomic E-state index is 0.0520. The van der Waals surface area contributed by atoms with E-state index in [9.17, 15) is 0 Å². The summed E-state index contributed by atoms with van der Waals surface area (Å²) in [5.74, 6) is 0.0520. The van der Waals surface area contributed by atoms with Crippen molar-refractivity contribution in [1.29, 1.82) is 10.7 Å². The van der Waals surface area contributed by atoms with Crippen LogP contribution in [0.3, 0.4) is 0 Å². The Bertz CT molecular complexity index is 376. The summed E-state index contributed by atoms with van der Waals surface area (Å²) in [6.07, 6.45) is 1.26. The SMILES string of the molecule is CC[C@@H](CC#N)C(=N)c1ccc(Br)cc1. The summed E-state index contributed by atoms with van der Waals surface area (Å²) in [6, 6.07) is 9.79. The fourth-order valence-corrected chi connectivity index (χ4v) is 1.69. The first-order chi connectivity index (χ1) is 7.19. The Labute approximate surface area is 98.6 Å². The van der Waals surface area contributed by atoms with Gasteiger partial charge in [0.2, 0.25) is 0 Å². The third-order valence-electron chi connectivity index (χ3n) is 2.39. The minimum Gasteiger partial charge on any atom is -0.304 e. The van der Waals surface area contributed by atoms with E-state index in [-0.39, 0.29) is 5.92 Å². The standard InChI is InChI=1S/C12H13BrN2/c1-2-9(7-8-14)12(15)10-3-5-11(13)6-4-10/h3-6,9,15H,2,7H2,1H3/t9-/m0/s1. The van der Waals surface area contributed by atoms with Gasteiger partial charge in [0.15, 0.2) is 0 Å². The van der Waals surface area contributed by atoms with Crippen molar-refractivity contribution in [3.63, 3.8) is 0 Å². The molecule has 0 aromatic heterocycles. The molecule has 0 heterocycles. The van der Waals surface area contributed by atoms with Gasteiger partial charge in [-0.05, 0) is 24.1 Å². The zero-order chi connectivity index (χ0) is 11.3. The van der Waals surface area contributed by atoms with E-state index in [0.717, 1.165) is 16.5 Å². The molecular formula is C12H13BrN2. The number of halogens is 1. The molecule has 0 fully saturated rings. The zero-order valence-corrected chi connectivity index (χ0v) is 10.2. The van der Waals surface area contributed by atoms with Crippen LogP contribution in [0.25, 0.3) is 0 Å². The molecule has 0 bridgehead atoms. The lowest BCUT2D eigenvalue weighted by atomic mass is 9.92. The van der Waals surface area contributed by atoms with E-state index in [4.69, 9.17) is 10.7 Å². The topological polar surface area (TPSA) is 47.6 Å². The van der Waals surface area contributed by atoms with Crippen LogP contribution >= 0.6 is 15.9 Å². The zero-order valence-electron chi connectivity index (χ0n) is 8.63. The van der Waals surface area contributed by atoms with Crippen molar-refractivity contribution < 1.29 is 0 Å². The highest BCUT2D eigenvalue weighted by molar-refractivity contribution is 9.10. The second-order valence-electron chi connectivity index (χ2n) is 3.39. The highest BCUT2D eigenvalue weighted by atomic mass is 79.9. The van der Waals surface area contributed by atoms with Gasteiger partial charge in [-0.3, -0.25) is 0 Å². The Balaban J connectivity index is 2.84. The molecule has 0 aliphatic heterocycles. The van der Waals surface area contributed by atoms with E-state index >= 15 is 0 Å². The van der Waals surface area contributed by atoms with Gasteiger partial charge in [-0.2, -0.15) is 5.26 Å². The molecule has 0 spiro atoms. The van der Waals surface area contributed by atoms with Crippen molar-refractivity contribution in [2.45, 2.75) is 19.8 Å². The predicted octanol–water partition coefficient (Wildman–Crippen LogP) is 3.76. The number of nitriles is 1. The fourth-order valence-electron chi connectivity index (χ4n) is 1.43. The molecule has 78 valence electrons. The molecule has 1 atom stereocenters. The number of nitrogens with one attached hydrogen (secondary N) is 1. The molecule has 1 aromatic rings. The molecule has 0 radical (unpaired) electrons. The Kier molecular flexibility index (Phi) is 4.51. The Morgan fingerprint density at radius 2 is 2.07 bits per heavy atom. The van der Waals surface area contributed by atoms with Crippen molar-refractivity contribution in [3.8, 4) is 6.07 Å². The molecule has 2 nitrogen and oxygen atoms in total. The van der Waals surface area contributed by atoms with Gasteiger partial charge in [0, 0.05) is 22.5 Å². The fraction of sp³-hybridized carbons (Fsp3) is 0.333. The number of hydrogen-bond acceptors (Lipinski definition) is 2. The van der Waals surface area contributed by atoms with Crippen LogP contribution in [0, 0.1) is 22.7 Å². The van der Waals surface area contributed by atoms with E-state index in [1.165, 1.54) is 0 Å². The quantitative estimate of drug-likeness (QED) is 0.828. The van der Waals surface area contributed by atoms with Crippen LogP contribution < -0.4 is 0 Å². The van der Waals surface area contributed by atoms with Gasteiger partial charge in [0.05, 0.1) is 6.07 Å². The summed E-state index contributed by atoms with van der Waals surface area (Å²) in [5.41, 5.74) is 1.46. The Morgan fingerprint density at radius 3 is 2.53 bits per heavy atom. The molecule has 0 saturated carbocycles. The van der Waals surface area contributed by atoms with Gasteiger partial charge in [0.25, 0.3) is 0 Å². The Morgan fingerprint density at radius 1 is 1.47 bits per heavy atom. The van der Waals surface area contributed by atoms with Crippen molar-refractivity contribution in [3.05, 3.63) is 34.3 Å². The lowest BCUT2D eigenvalue weighted by Gasteiger charge is -2.12. The summed E-state index contributed by atoms with van der Waals surface area (Å²) >= 11 is 3.36. The molecular weight excluding hydrogens is 252 g/mol. The monoisotopic (exact) mass is 264 g/mol. The average Bonchev–Trinajstić information content (AvgIpc) is 2.26. The molecule has 0 unspecified atom stereocenters. The lowest BCUT2D eigenvalue weighted by molar-refractivity contribution is 0.680. The maximum Gasteiger partial charge on any atom is 0.0628 e. The maximum atomic E-state index is 8.65. The van der Waals surface area contributed by atoms with E-state index in [1.54, 1.807) is 0 Å². The minimum atomic E-state index is 0.0520. The van der Waals surface area contributed by atoms with Crippen molar-refractivity contribution in [2.75, 3.05) is 0 Å². The summed E-state index contributed by atoms with van der Waals surface area (Å²) in [7, 11) is 0. The number of benzene rings is 1. The predicted molar refractivity (Wildman–Crippen MR) is 65.0 cm³/mol. The Hall–Kier alpha value is -1.14. The molecule has 0 aliphatic rings. The molecule has 1 aromatic carbocycles. The van der Waals surface area contributed by atoms with E-state index in [2.05, 4.69) is 22.0 Å². The third-order valence-corrected chi connectivity index (χ3v) is 2.92. The van der Waals surface area contributed by atoms with Crippen molar-refractivity contribution in [1.82, 2.24) is 0 Å². The van der Waals surface area contributed by atoms with Crippen LogP contribution in [0.5, 0.6) is 0 Å². The van der Waals surface area contributed by atoms with Crippen LogP contribution in [0.1, 0.15) is 25.3 Å². The van der Waals surface area contributed by atoms with Gasteiger partial charge < -0.3 is 5.41 Å². The summed E-state index contributed by atoms with van der Waals surface area (Å²) in [4.78, 5) is 0. The van der Waals surface area contributed by atoms with E-state index in [0.29, 0.717) is 12.1 Å². The van der Waals surface area contributed by atoms with Crippen LogP contribution in [0.4, 0.5) is 0 Å². The van der Waals surface area contributed by atoms with E-state index in [1.807, 2.05) is 31.2 Å². The molecule has 3 heteroatoms. The van der Waals surface area contributed by atoms with Gasteiger partial charge in [0.1, 0.15) is 0 Å². The number of rotatable bonds is 4. The first kappa shape index (κ1) is 11.9. The summed E-state index contributed by atoms with van der Waals surface area (Å²) < 4.78 is 1.01. The highest BCUT2D eigenvalue weighted by Crippen LogP contribution is 2.17. The smallest absolute Gasteiger partial charge is 0.0628 e. The van der Waals surface area contributed by atoms with Gasteiger partial charge in [-0.25, -0.2) is 0 Å². The van der Waals surface area contributed by atoms with E-state index < -0.39 is 0 Å². The van der Waals surface area contributed by atoms with Crippen molar-refractivity contribution in [2.24, 2.45) is 5.92 Å². The lowest BCUT2D eigenvalue weighted by Crippen LogP contribution is -2.13. The molecule has 0 amide bonds. The van der Waals surface area contributed by atoms with Gasteiger partial charge in [-0.1, -0.05) is 35.0 Å². The summed E-state index contributed by atoms with van der Waals surface area (Å²) in [6.45, 7) is 2.01. The molecule has 1 N–H and O–H groups in total. The van der Waals surface area contributed by atoms with Crippen LogP contribution in [0.2, 0.25) is 0 Å². The first-order valence-electron chi connectivity index (χ1n) is 4.90. The third kappa shape index (κ3) is 3.17. The average molecular weight is 265 g/mol. The van der Waals surface area contributed by atoms with Crippen LogP contribution in [-0.2, 0) is 0 Å². The molecule has 0 aliphatic carbocycles. The highest BCUT2D eigenvalue weighted by Gasteiger charge is 2.13. The molecule has 1 rings (SSSR count). The normalized spacial score (nSPS) is 11.8. The summed E-state index contributed by atoms with van der Waals surface area (Å²) in [5, 5.41) is 16.6. The largest absolute Gasteiger partial charge is 0.304 e. The second-order valence-corrected chi connectivity index (χ2v) is 4.30. The van der Waals surface area contributed by atoms with Crippen LogP contribution in [0.15, 0.2) is 28.7 Å². The van der Waals surface area contributed by atoms with Crippen LogP contribution in [-0.4, -0.2) is 5.71 Å². The number of nitrogens with zero attached hydrogens (tertiary/aromatic N) is 1. The van der Waals surface area contributed by atoms with Gasteiger partial charge >= 0.3 is 0 Å². The first-order valence-corrected chi connectivity index (χ1v) is 5.69. The van der Waals surface area contributed by atoms with Crippen molar-refractivity contribution >= 4 is 21.6 Å². The number of hydrogen-bond donors (Lipinski definition) is 1. The molecule has 0 saturated heterocycles. The second kappa shape index (κ2) is 5.67. The molecule has 15 heavy (non-hydrogen) atoms. The van der Waals surface area contributed by atoms with Gasteiger partial charge in [-0.15, -0.1) is 0 Å².